The number of allylic oxidation sites excluding steroid dienone is 2. The van der Waals surface area contributed by atoms with E-state index in [1.165, 1.54) is 6.42 Å². The van der Waals surface area contributed by atoms with Gasteiger partial charge in [-0.3, -0.25) is 14.4 Å². The Morgan fingerprint density at radius 1 is 0.786 bits per heavy atom. The molecule has 0 aromatic heterocycles. The lowest BCUT2D eigenvalue weighted by Gasteiger charge is -2.25. The summed E-state index contributed by atoms with van der Waals surface area (Å²) in [5, 5.41) is 5.95. The summed E-state index contributed by atoms with van der Waals surface area (Å²) < 4.78 is 0. The molecule has 2 saturated carbocycles. The molecule has 2 bridgehead atoms. The minimum atomic E-state index is -0.279. The van der Waals surface area contributed by atoms with E-state index in [4.69, 9.17) is 0 Å². The maximum atomic E-state index is 12.8. The fraction of sp³-hybridized carbons (Fsp3) is 0.522. The Morgan fingerprint density at radius 3 is 1.89 bits per heavy atom. The number of amides is 2. The highest BCUT2D eigenvalue weighted by atomic mass is 16.2. The van der Waals surface area contributed by atoms with Crippen LogP contribution in [0, 0.1) is 29.6 Å². The second-order valence-electron chi connectivity index (χ2n) is 8.50. The zero-order chi connectivity index (χ0) is 19.7. The predicted molar refractivity (Wildman–Crippen MR) is 109 cm³/mol. The van der Waals surface area contributed by atoms with Crippen molar-refractivity contribution in [1.29, 1.82) is 0 Å². The van der Waals surface area contributed by atoms with E-state index in [0.29, 0.717) is 5.69 Å². The van der Waals surface area contributed by atoms with E-state index >= 15 is 0 Å². The fourth-order valence-electron chi connectivity index (χ4n) is 5.21. The number of rotatable bonds is 5. The van der Waals surface area contributed by atoms with Gasteiger partial charge >= 0.3 is 0 Å². The maximum Gasteiger partial charge on any atom is 0.228 e. The van der Waals surface area contributed by atoms with E-state index < -0.39 is 0 Å². The molecule has 5 heteroatoms. The van der Waals surface area contributed by atoms with Crippen LogP contribution < -0.4 is 10.6 Å². The standard InChI is InChI=1S/C23H28N2O3/c1-14(26)20-16-7-8-17(13-16)21(20)23(28)25-19-11-9-18(10-12-19)24-22(27)15-5-3-2-4-6-15/h7-12,15-17,20-21H,2-6,13H2,1H3,(H,24,27)(H,25,28). The van der Waals surface area contributed by atoms with Gasteiger partial charge in [0.2, 0.25) is 11.8 Å². The Kier molecular flexibility index (Phi) is 5.33. The fourth-order valence-corrected chi connectivity index (χ4v) is 5.21. The molecule has 2 N–H and O–H groups in total. The van der Waals surface area contributed by atoms with E-state index in [0.717, 1.165) is 37.8 Å². The highest BCUT2D eigenvalue weighted by molar-refractivity contribution is 5.98. The average Bonchev–Trinajstić information content (AvgIpc) is 3.31. The van der Waals surface area contributed by atoms with Gasteiger partial charge in [0, 0.05) is 23.2 Å². The van der Waals surface area contributed by atoms with Crippen molar-refractivity contribution in [3.05, 3.63) is 36.4 Å². The van der Waals surface area contributed by atoms with Crippen LogP contribution in [0.5, 0.6) is 0 Å². The van der Waals surface area contributed by atoms with Crippen LogP contribution in [0.3, 0.4) is 0 Å². The van der Waals surface area contributed by atoms with Gasteiger partial charge in [0.05, 0.1) is 5.92 Å². The molecular formula is C23H28N2O3. The molecule has 2 fully saturated rings. The van der Waals surface area contributed by atoms with Crippen molar-refractivity contribution in [1.82, 2.24) is 0 Å². The summed E-state index contributed by atoms with van der Waals surface area (Å²) in [7, 11) is 0. The minimum absolute atomic E-state index is 0.0870. The number of ketones is 1. The monoisotopic (exact) mass is 380 g/mol. The summed E-state index contributed by atoms with van der Waals surface area (Å²) in [6.07, 6.45) is 10.5. The van der Waals surface area contributed by atoms with Crippen molar-refractivity contribution < 1.29 is 14.4 Å². The largest absolute Gasteiger partial charge is 0.326 e. The summed E-state index contributed by atoms with van der Waals surface area (Å²) in [5.74, 6) is 0.0941. The first-order valence-corrected chi connectivity index (χ1v) is 10.4. The number of Topliss-reactive ketones (excluding diaryl/α,β-unsaturated/α-hetero) is 1. The number of anilines is 2. The van der Waals surface area contributed by atoms with Crippen LogP contribution in [-0.2, 0) is 14.4 Å². The first-order chi connectivity index (χ1) is 13.5. The first-order valence-electron chi connectivity index (χ1n) is 10.4. The van der Waals surface area contributed by atoms with Gasteiger partial charge in [-0.1, -0.05) is 31.4 Å². The third kappa shape index (κ3) is 3.75. The zero-order valence-electron chi connectivity index (χ0n) is 16.3. The molecule has 3 aliphatic carbocycles. The van der Waals surface area contributed by atoms with Crippen molar-refractivity contribution in [2.24, 2.45) is 29.6 Å². The van der Waals surface area contributed by atoms with E-state index in [2.05, 4.69) is 22.8 Å². The van der Waals surface area contributed by atoms with Crippen molar-refractivity contribution in [3.8, 4) is 0 Å². The molecule has 1 aromatic carbocycles. The second kappa shape index (κ2) is 7.90. The van der Waals surface area contributed by atoms with Crippen LogP contribution in [-0.4, -0.2) is 17.6 Å². The van der Waals surface area contributed by atoms with Gasteiger partial charge in [-0.2, -0.15) is 0 Å². The molecule has 2 amide bonds. The molecular weight excluding hydrogens is 352 g/mol. The van der Waals surface area contributed by atoms with E-state index in [1.54, 1.807) is 19.1 Å². The van der Waals surface area contributed by atoms with Crippen molar-refractivity contribution in [2.75, 3.05) is 10.6 Å². The van der Waals surface area contributed by atoms with Gasteiger partial charge in [0.15, 0.2) is 0 Å². The Morgan fingerprint density at radius 2 is 1.32 bits per heavy atom. The molecule has 5 nitrogen and oxygen atoms in total. The third-order valence-electron chi connectivity index (χ3n) is 6.63. The number of hydrogen-bond donors (Lipinski definition) is 2. The number of benzene rings is 1. The highest BCUT2D eigenvalue weighted by Crippen LogP contribution is 2.48. The topological polar surface area (TPSA) is 75.3 Å². The molecule has 0 aliphatic heterocycles. The van der Waals surface area contributed by atoms with Crippen LogP contribution in [0.4, 0.5) is 11.4 Å². The summed E-state index contributed by atoms with van der Waals surface area (Å²) in [6.45, 7) is 1.59. The first kappa shape index (κ1) is 18.9. The van der Waals surface area contributed by atoms with Gasteiger partial charge in [-0.05, 0) is 62.3 Å². The normalized spacial score (nSPS) is 28.9. The number of nitrogens with one attached hydrogen (secondary N) is 2. The number of carbonyl (C=O) groups excluding carboxylic acids is 3. The van der Waals surface area contributed by atoms with Crippen LogP contribution in [0.15, 0.2) is 36.4 Å². The minimum Gasteiger partial charge on any atom is -0.326 e. The van der Waals surface area contributed by atoms with Gasteiger partial charge in [-0.25, -0.2) is 0 Å². The lowest BCUT2D eigenvalue weighted by Crippen LogP contribution is -2.35. The average molecular weight is 380 g/mol. The Balaban J connectivity index is 1.36. The number of hydrogen-bond acceptors (Lipinski definition) is 3. The van der Waals surface area contributed by atoms with Crippen molar-refractivity contribution in [3.63, 3.8) is 0 Å². The van der Waals surface area contributed by atoms with Crippen molar-refractivity contribution >= 4 is 29.0 Å². The second-order valence-corrected chi connectivity index (χ2v) is 8.50. The molecule has 4 atom stereocenters. The lowest BCUT2D eigenvalue weighted by atomic mass is 9.80. The molecule has 0 radical (unpaired) electrons. The van der Waals surface area contributed by atoms with Crippen molar-refractivity contribution in [2.45, 2.75) is 45.4 Å². The van der Waals surface area contributed by atoms with E-state index in [1.807, 2.05) is 12.1 Å². The maximum absolute atomic E-state index is 12.8. The SMILES string of the molecule is CC(=O)C1C2C=CC(C2)C1C(=O)Nc1ccc(NC(=O)C2CCCCC2)cc1. The smallest absolute Gasteiger partial charge is 0.228 e. The summed E-state index contributed by atoms with van der Waals surface area (Å²) in [4.78, 5) is 37.2. The molecule has 1 aromatic rings. The van der Waals surface area contributed by atoms with E-state index in [-0.39, 0.29) is 47.2 Å². The van der Waals surface area contributed by atoms with Gasteiger partial charge < -0.3 is 10.6 Å². The van der Waals surface area contributed by atoms with Gasteiger partial charge in [-0.15, -0.1) is 0 Å². The molecule has 0 saturated heterocycles. The third-order valence-corrected chi connectivity index (χ3v) is 6.63. The molecule has 3 aliphatic rings. The quantitative estimate of drug-likeness (QED) is 0.753. The molecule has 148 valence electrons. The Labute approximate surface area is 166 Å². The zero-order valence-corrected chi connectivity index (χ0v) is 16.3. The number of carbonyl (C=O) groups is 3. The van der Waals surface area contributed by atoms with Crippen LogP contribution >= 0.6 is 0 Å². The summed E-state index contributed by atoms with van der Waals surface area (Å²) >= 11 is 0. The van der Waals surface area contributed by atoms with Gasteiger partial charge in [0.25, 0.3) is 0 Å². The molecule has 4 rings (SSSR count). The van der Waals surface area contributed by atoms with E-state index in [9.17, 15) is 14.4 Å². The molecule has 28 heavy (non-hydrogen) atoms. The van der Waals surface area contributed by atoms with Gasteiger partial charge in [0.1, 0.15) is 5.78 Å². The van der Waals surface area contributed by atoms with Crippen LogP contribution in [0.2, 0.25) is 0 Å². The number of fused-ring (bicyclic) bond motifs is 2. The van der Waals surface area contributed by atoms with Crippen LogP contribution in [0.25, 0.3) is 0 Å². The lowest BCUT2D eigenvalue weighted by molar-refractivity contribution is -0.130. The molecule has 0 heterocycles. The molecule has 4 unspecified atom stereocenters. The van der Waals surface area contributed by atoms with Crippen LogP contribution in [0.1, 0.15) is 45.4 Å². The Hall–Kier alpha value is -2.43. The summed E-state index contributed by atoms with van der Waals surface area (Å²) in [5.41, 5.74) is 1.44. The summed E-state index contributed by atoms with van der Waals surface area (Å²) in [6, 6.07) is 7.25. The Bertz CT molecular complexity index is 793. The predicted octanol–water partition coefficient (Wildman–Crippen LogP) is 4.17. The highest BCUT2D eigenvalue weighted by Gasteiger charge is 2.50. The molecule has 0 spiro atoms.